The average molecular weight is 396 g/mol. The van der Waals surface area contributed by atoms with E-state index in [0.29, 0.717) is 28.8 Å². The second kappa shape index (κ2) is 6.29. The number of rotatable bonds is 3. The van der Waals surface area contributed by atoms with Gasteiger partial charge < -0.3 is 4.98 Å². The van der Waals surface area contributed by atoms with Crippen molar-refractivity contribution >= 4 is 44.3 Å². The predicted molar refractivity (Wildman–Crippen MR) is 98.4 cm³/mol. The van der Waals surface area contributed by atoms with Crippen LogP contribution in [-0.4, -0.2) is 29.2 Å². The molecule has 0 spiro atoms. The highest BCUT2D eigenvalue weighted by Gasteiger charge is 2.38. The molecule has 1 aliphatic heterocycles. The van der Waals surface area contributed by atoms with Crippen molar-refractivity contribution in [2.75, 3.05) is 6.54 Å². The molecule has 0 bridgehead atoms. The van der Waals surface area contributed by atoms with E-state index in [4.69, 9.17) is 23.2 Å². The van der Waals surface area contributed by atoms with Gasteiger partial charge in [0.25, 0.3) is 0 Å². The highest BCUT2D eigenvalue weighted by molar-refractivity contribution is 7.89. The molecule has 25 heavy (non-hydrogen) atoms. The van der Waals surface area contributed by atoms with Gasteiger partial charge in [0.1, 0.15) is 5.82 Å². The van der Waals surface area contributed by atoms with E-state index in [1.54, 1.807) is 0 Å². The molecular formula is C17H15Cl2N3O2S. The zero-order chi connectivity index (χ0) is 17.6. The van der Waals surface area contributed by atoms with E-state index < -0.39 is 10.0 Å². The molecule has 1 aromatic heterocycles. The first kappa shape index (κ1) is 16.8. The number of halogens is 2. The summed E-state index contributed by atoms with van der Waals surface area (Å²) >= 11 is 12.0. The Morgan fingerprint density at radius 2 is 1.84 bits per heavy atom. The topological polar surface area (TPSA) is 66.1 Å². The molecule has 1 fully saturated rings. The van der Waals surface area contributed by atoms with Crippen LogP contribution in [0.1, 0.15) is 24.7 Å². The van der Waals surface area contributed by atoms with Crippen molar-refractivity contribution < 1.29 is 8.42 Å². The van der Waals surface area contributed by atoms with E-state index in [1.165, 1.54) is 22.5 Å². The van der Waals surface area contributed by atoms with Gasteiger partial charge in [-0.15, -0.1) is 0 Å². The molecule has 1 aliphatic rings. The van der Waals surface area contributed by atoms with Crippen LogP contribution in [0, 0.1) is 0 Å². The average Bonchev–Trinajstić information content (AvgIpc) is 3.20. The largest absolute Gasteiger partial charge is 0.341 e. The predicted octanol–water partition coefficient (Wildman–Crippen LogP) is 4.40. The first-order valence-electron chi connectivity index (χ1n) is 7.88. The summed E-state index contributed by atoms with van der Waals surface area (Å²) in [4.78, 5) is 7.92. The zero-order valence-electron chi connectivity index (χ0n) is 13.1. The van der Waals surface area contributed by atoms with Gasteiger partial charge in [-0.1, -0.05) is 35.3 Å². The third kappa shape index (κ3) is 3.04. The third-order valence-corrected chi connectivity index (χ3v) is 6.69. The van der Waals surface area contributed by atoms with Crippen molar-refractivity contribution in [3.05, 3.63) is 58.3 Å². The molecule has 0 radical (unpaired) electrons. The summed E-state index contributed by atoms with van der Waals surface area (Å²) in [6.07, 6.45) is 1.49. The number of H-pyrrole nitrogens is 1. The number of aromatic amines is 1. The second-order valence-electron chi connectivity index (χ2n) is 6.02. The lowest BCUT2D eigenvalue weighted by Gasteiger charge is -2.22. The summed E-state index contributed by atoms with van der Waals surface area (Å²) in [5.41, 5.74) is 1.72. The summed E-state index contributed by atoms with van der Waals surface area (Å²) in [6, 6.07) is 11.7. The smallest absolute Gasteiger partial charge is 0.243 e. The number of nitrogens with zero attached hydrogens (tertiary/aromatic N) is 2. The number of fused-ring (bicyclic) bond motifs is 1. The summed E-state index contributed by atoms with van der Waals surface area (Å²) in [7, 11) is -3.71. The van der Waals surface area contributed by atoms with Gasteiger partial charge >= 0.3 is 0 Å². The number of hydrogen-bond acceptors (Lipinski definition) is 3. The molecule has 0 amide bonds. The van der Waals surface area contributed by atoms with E-state index in [2.05, 4.69) is 9.97 Å². The number of benzene rings is 2. The Hall–Kier alpha value is -1.60. The van der Waals surface area contributed by atoms with E-state index in [9.17, 15) is 8.42 Å². The van der Waals surface area contributed by atoms with Gasteiger partial charge in [0, 0.05) is 16.6 Å². The van der Waals surface area contributed by atoms with Crippen LogP contribution in [0.2, 0.25) is 10.0 Å². The summed E-state index contributed by atoms with van der Waals surface area (Å²) < 4.78 is 27.7. The Labute approximate surface area is 155 Å². The van der Waals surface area contributed by atoms with Gasteiger partial charge in [0.05, 0.1) is 22.0 Å². The van der Waals surface area contributed by atoms with Crippen molar-refractivity contribution in [2.24, 2.45) is 0 Å². The Morgan fingerprint density at radius 3 is 2.56 bits per heavy atom. The maximum Gasteiger partial charge on any atom is 0.243 e. The lowest BCUT2D eigenvalue weighted by atomic mass is 10.2. The third-order valence-electron chi connectivity index (χ3n) is 4.37. The van der Waals surface area contributed by atoms with Crippen LogP contribution in [0.25, 0.3) is 11.0 Å². The van der Waals surface area contributed by atoms with E-state index >= 15 is 0 Å². The zero-order valence-corrected chi connectivity index (χ0v) is 15.4. The Balaban J connectivity index is 1.75. The molecular weight excluding hydrogens is 381 g/mol. The quantitative estimate of drug-likeness (QED) is 0.714. The van der Waals surface area contributed by atoms with Crippen LogP contribution in [0.15, 0.2) is 47.4 Å². The molecule has 4 rings (SSSR count). The van der Waals surface area contributed by atoms with E-state index in [1.807, 2.05) is 24.3 Å². The fraction of sp³-hybridized carbons (Fsp3) is 0.235. The van der Waals surface area contributed by atoms with Gasteiger partial charge in [-0.2, -0.15) is 4.31 Å². The Morgan fingerprint density at radius 1 is 1.12 bits per heavy atom. The Kier molecular flexibility index (Phi) is 4.24. The van der Waals surface area contributed by atoms with Crippen LogP contribution in [0.3, 0.4) is 0 Å². The minimum atomic E-state index is -3.71. The number of hydrogen-bond donors (Lipinski definition) is 1. The van der Waals surface area contributed by atoms with Crippen LogP contribution >= 0.6 is 23.2 Å². The standard InChI is InChI=1S/C17H15Cl2N3O2S/c18-11-8-12(19)10-13(9-11)25(23,24)22-7-3-6-16(22)17-20-14-4-1-2-5-15(14)21-17/h1-2,4-5,8-10,16H,3,6-7H2,(H,20,21). The minimum absolute atomic E-state index is 0.105. The van der Waals surface area contributed by atoms with Crippen LogP contribution in [0.4, 0.5) is 0 Å². The van der Waals surface area contributed by atoms with Gasteiger partial charge in [-0.3, -0.25) is 0 Å². The molecule has 2 aromatic carbocycles. The number of aromatic nitrogens is 2. The maximum absolute atomic E-state index is 13.1. The minimum Gasteiger partial charge on any atom is -0.341 e. The fourth-order valence-corrected chi connectivity index (χ4v) is 5.63. The molecule has 3 aromatic rings. The highest BCUT2D eigenvalue weighted by atomic mass is 35.5. The van der Waals surface area contributed by atoms with Crippen LogP contribution in [0.5, 0.6) is 0 Å². The first-order valence-corrected chi connectivity index (χ1v) is 10.1. The lowest BCUT2D eigenvalue weighted by molar-refractivity contribution is 0.385. The molecule has 1 unspecified atom stereocenters. The van der Waals surface area contributed by atoms with Crippen molar-refractivity contribution in [3.8, 4) is 0 Å². The molecule has 0 saturated carbocycles. The second-order valence-corrected chi connectivity index (χ2v) is 8.78. The van der Waals surface area contributed by atoms with E-state index in [0.717, 1.165) is 17.5 Å². The van der Waals surface area contributed by atoms with Crippen LogP contribution < -0.4 is 0 Å². The molecule has 1 saturated heterocycles. The normalized spacial score (nSPS) is 18.9. The van der Waals surface area contributed by atoms with Crippen molar-refractivity contribution in [2.45, 2.75) is 23.8 Å². The summed E-state index contributed by atoms with van der Waals surface area (Å²) in [6.45, 7) is 0.439. The molecule has 130 valence electrons. The number of sulfonamides is 1. The fourth-order valence-electron chi connectivity index (χ4n) is 3.24. The number of imidazole rings is 1. The molecule has 0 aliphatic carbocycles. The van der Waals surface area contributed by atoms with Gasteiger partial charge in [0.15, 0.2) is 0 Å². The van der Waals surface area contributed by atoms with Gasteiger partial charge in [0.2, 0.25) is 10.0 Å². The summed E-state index contributed by atoms with van der Waals surface area (Å²) in [5.74, 6) is 0.662. The number of para-hydroxylation sites is 2. The molecule has 1 atom stereocenters. The van der Waals surface area contributed by atoms with Crippen LogP contribution in [-0.2, 0) is 10.0 Å². The monoisotopic (exact) mass is 395 g/mol. The molecule has 5 nitrogen and oxygen atoms in total. The molecule has 2 heterocycles. The maximum atomic E-state index is 13.1. The van der Waals surface area contributed by atoms with Gasteiger partial charge in [-0.25, -0.2) is 13.4 Å². The highest BCUT2D eigenvalue weighted by Crippen LogP contribution is 2.37. The first-order chi connectivity index (χ1) is 11.9. The Bertz CT molecular complexity index is 996. The molecule has 1 N–H and O–H groups in total. The SMILES string of the molecule is O=S(=O)(c1cc(Cl)cc(Cl)c1)N1CCCC1c1nc2ccccc2[nH]1. The van der Waals surface area contributed by atoms with Crippen molar-refractivity contribution in [1.82, 2.24) is 14.3 Å². The summed E-state index contributed by atoms with van der Waals surface area (Å²) in [5, 5.41) is 0.594. The van der Waals surface area contributed by atoms with Gasteiger partial charge in [-0.05, 0) is 43.2 Å². The lowest BCUT2D eigenvalue weighted by Crippen LogP contribution is -2.31. The molecule has 8 heteroatoms. The van der Waals surface area contributed by atoms with E-state index in [-0.39, 0.29) is 10.9 Å². The number of nitrogens with one attached hydrogen (secondary N) is 1. The van der Waals surface area contributed by atoms with Crippen molar-refractivity contribution in [1.29, 1.82) is 0 Å². The van der Waals surface area contributed by atoms with Crippen molar-refractivity contribution in [3.63, 3.8) is 0 Å².